The second-order valence-electron chi connectivity index (χ2n) is 3.54. The van der Waals surface area contributed by atoms with Crippen molar-refractivity contribution < 1.29 is 9.52 Å². The van der Waals surface area contributed by atoms with Crippen LogP contribution < -0.4 is 0 Å². The highest BCUT2D eigenvalue weighted by atomic mass is 16.3. The Bertz CT molecular complexity index is 654. The maximum absolute atomic E-state index is 9.30. The predicted molar refractivity (Wildman–Crippen MR) is 57.1 cm³/mol. The molecule has 0 saturated heterocycles. The normalized spacial score (nSPS) is 11.1. The number of aryl methyl sites for hydroxylation is 1. The van der Waals surface area contributed by atoms with Crippen LogP contribution in [0.15, 0.2) is 34.9 Å². The molecule has 16 heavy (non-hydrogen) atoms. The molecule has 0 spiro atoms. The van der Waals surface area contributed by atoms with Crippen molar-refractivity contribution in [2.24, 2.45) is 0 Å². The van der Waals surface area contributed by atoms with Crippen LogP contribution in [0, 0.1) is 6.92 Å². The van der Waals surface area contributed by atoms with Gasteiger partial charge in [0.05, 0.1) is 6.20 Å². The number of nitrogens with zero attached hydrogens (tertiary/aromatic N) is 3. The summed E-state index contributed by atoms with van der Waals surface area (Å²) in [5.41, 5.74) is 0.668. The standard InChI is InChI=1S/C11H9N3O2/c1-7-2-4-9(16-7)11-12-10-5-3-8(15)6-14(10)13-11/h2-6,15H,1H3. The molecule has 0 aliphatic carbocycles. The summed E-state index contributed by atoms with van der Waals surface area (Å²) < 4.78 is 6.94. The number of furan rings is 1. The zero-order valence-corrected chi connectivity index (χ0v) is 8.58. The Morgan fingerprint density at radius 1 is 1.25 bits per heavy atom. The molecule has 3 aromatic rings. The van der Waals surface area contributed by atoms with Crippen LogP contribution >= 0.6 is 0 Å². The van der Waals surface area contributed by atoms with E-state index in [9.17, 15) is 5.11 Å². The van der Waals surface area contributed by atoms with Crippen molar-refractivity contribution in [2.75, 3.05) is 0 Å². The lowest BCUT2D eigenvalue weighted by Gasteiger charge is -1.90. The van der Waals surface area contributed by atoms with E-state index < -0.39 is 0 Å². The number of fused-ring (bicyclic) bond motifs is 1. The zero-order chi connectivity index (χ0) is 11.1. The minimum atomic E-state index is 0.152. The van der Waals surface area contributed by atoms with E-state index in [4.69, 9.17) is 4.42 Å². The fourth-order valence-corrected chi connectivity index (χ4v) is 1.53. The summed E-state index contributed by atoms with van der Waals surface area (Å²) in [4.78, 5) is 4.28. The summed E-state index contributed by atoms with van der Waals surface area (Å²) in [6.07, 6.45) is 1.50. The summed E-state index contributed by atoms with van der Waals surface area (Å²) in [6.45, 7) is 1.87. The summed E-state index contributed by atoms with van der Waals surface area (Å²) >= 11 is 0. The third-order valence-electron chi connectivity index (χ3n) is 2.28. The van der Waals surface area contributed by atoms with E-state index in [1.54, 1.807) is 12.1 Å². The van der Waals surface area contributed by atoms with E-state index in [0.29, 0.717) is 17.2 Å². The third kappa shape index (κ3) is 1.33. The minimum absolute atomic E-state index is 0.152. The van der Waals surface area contributed by atoms with Gasteiger partial charge in [0.25, 0.3) is 0 Å². The van der Waals surface area contributed by atoms with Crippen LogP contribution in [0.1, 0.15) is 5.76 Å². The van der Waals surface area contributed by atoms with Crippen molar-refractivity contribution in [1.29, 1.82) is 0 Å². The quantitative estimate of drug-likeness (QED) is 0.674. The van der Waals surface area contributed by atoms with Crippen molar-refractivity contribution in [3.63, 3.8) is 0 Å². The van der Waals surface area contributed by atoms with E-state index in [1.165, 1.54) is 10.7 Å². The first-order valence-electron chi connectivity index (χ1n) is 4.84. The van der Waals surface area contributed by atoms with Crippen LogP contribution in [-0.4, -0.2) is 19.7 Å². The van der Waals surface area contributed by atoms with Crippen LogP contribution in [0.3, 0.4) is 0 Å². The molecule has 0 aromatic carbocycles. The zero-order valence-electron chi connectivity index (χ0n) is 8.58. The maximum atomic E-state index is 9.30. The molecular weight excluding hydrogens is 206 g/mol. The van der Waals surface area contributed by atoms with Gasteiger partial charge in [0.1, 0.15) is 11.5 Å². The molecule has 0 fully saturated rings. The Morgan fingerprint density at radius 2 is 2.12 bits per heavy atom. The number of pyridine rings is 1. The molecule has 0 aliphatic heterocycles. The molecule has 3 heterocycles. The summed E-state index contributed by atoms with van der Waals surface area (Å²) in [6, 6.07) is 6.95. The van der Waals surface area contributed by atoms with Gasteiger partial charge in [-0.15, -0.1) is 5.10 Å². The lowest BCUT2D eigenvalue weighted by Crippen LogP contribution is -1.85. The number of aromatic hydroxyl groups is 1. The van der Waals surface area contributed by atoms with Crippen LogP contribution in [0.25, 0.3) is 17.2 Å². The molecule has 0 amide bonds. The number of hydrogen-bond donors (Lipinski definition) is 1. The van der Waals surface area contributed by atoms with Crippen molar-refractivity contribution >= 4 is 5.65 Å². The van der Waals surface area contributed by atoms with Gasteiger partial charge < -0.3 is 9.52 Å². The molecule has 0 aliphatic rings. The van der Waals surface area contributed by atoms with Crippen molar-refractivity contribution in [3.8, 4) is 17.3 Å². The smallest absolute Gasteiger partial charge is 0.217 e. The predicted octanol–water partition coefficient (Wildman–Crippen LogP) is 2.00. The highest BCUT2D eigenvalue weighted by Gasteiger charge is 2.09. The van der Waals surface area contributed by atoms with Crippen LogP contribution in [0.2, 0.25) is 0 Å². The highest BCUT2D eigenvalue weighted by Crippen LogP contribution is 2.19. The van der Waals surface area contributed by atoms with E-state index in [0.717, 1.165) is 5.76 Å². The molecular formula is C11H9N3O2. The molecule has 1 N–H and O–H groups in total. The molecule has 0 bridgehead atoms. The van der Waals surface area contributed by atoms with Gasteiger partial charge in [0.15, 0.2) is 11.4 Å². The van der Waals surface area contributed by atoms with E-state index in [2.05, 4.69) is 10.1 Å². The molecule has 0 saturated carbocycles. The Labute approximate surface area is 91.0 Å². The van der Waals surface area contributed by atoms with Crippen molar-refractivity contribution in [1.82, 2.24) is 14.6 Å². The highest BCUT2D eigenvalue weighted by molar-refractivity contribution is 5.53. The largest absolute Gasteiger partial charge is 0.506 e. The van der Waals surface area contributed by atoms with Gasteiger partial charge in [0, 0.05) is 0 Å². The summed E-state index contributed by atoms with van der Waals surface area (Å²) in [7, 11) is 0. The average molecular weight is 215 g/mol. The monoisotopic (exact) mass is 215 g/mol. The van der Waals surface area contributed by atoms with Gasteiger partial charge >= 0.3 is 0 Å². The summed E-state index contributed by atoms with van der Waals surface area (Å²) in [5, 5.41) is 13.5. The molecule has 0 atom stereocenters. The third-order valence-corrected chi connectivity index (χ3v) is 2.28. The van der Waals surface area contributed by atoms with E-state index in [1.807, 2.05) is 19.1 Å². The van der Waals surface area contributed by atoms with Gasteiger partial charge in [0.2, 0.25) is 5.82 Å². The molecule has 3 aromatic heterocycles. The molecule has 5 heteroatoms. The van der Waals surface area contributed by atoms with Crippen molar-refractivity contribution in [3.05, 3.63) is 36.2 Å². The Balaban J connectivity index is 2.18. The van der Waals surface area contributed by atoms with Crippen LogP contribution in [0.5, 0.6) is 5.75 Å². The molecule has 0 unspecified atom stereocenters. The average Bonchev–Trinajstić information content (AvgIpc) is 2.83. The lowest BCUT2D eigenvalue weighted by atomic mass is 10.4. The summed E-state index contributed by atoms with van der Waals surface area (Å²) in [5.74, 6) is 2.11. The van der Waals surface area contributed by atoms with Gasteiger partial charge in [-0.1, -0.05) is 0 Å². The fraction of sp³-hybridized carbons (Fsp3) is 0.0909. The van der Waals surface area contributed by atoms with Crippen molar-refractivity contribution in [2.45, 2.75) is 6.92 Å². The number of hydrogen-bond acceptors (Lipinski definition) is 4. The number of rotatable bonds is 1. The fourth-order valence-electron chi connectivity index (χ4n) is 1.53. The maximum Gasteiger partial charge on any atom is 0.217 e. The van der Waals surface area contributed by atoms with E-state index >= 15 is 0 Å². The van der Waals surface area contributed by atoms with Crippen LogP contribution in [-0.2, 0) is 0 Å². The lowest BCUT2D eigenvalue weighted by molar-refractivity contribution is 0.470. The molecule has 3 rings (SSSR count). The van der Waals surface area contributed by atoms with Gasteiger partial charge in [-0.05, 0) is 31.2 Å². The Hall–Kier alpha value is -2.30. The first-order chi connectivity index (χ1) is 7.72. The van der Waals surface area contributed by atoms with Gasteiger partial charge in [-0.25, -0.2) is 9.50 Å². The molecule has 80 valence electrons. The topological polar surface area (TPSA) is 63.6 Å². The first-order valence-corrected chi connectivity index (χ1v) is 4.84. The second kappa shape index (κ2) is 3.10. The minimum Gasteiger partial charge on any atom is -0.506 e. The SMILES string of the molecule is Cc1ccc(-c2nc3ccc(O)cn3n2)o1. The Morgan fingerprint density at radius 3 is 2.88 bits per heavy atom. The van der Waals surface area contributed by atoms with E-state index in [-0.39, 0.29) is 5.75 Å². The second-order valence-corrected chi connectivity index (χ2v) is 3.54. The van der Waals surface area contributed by atoms with Gasteiger partial charge in [-0.2, -0.15) is 0 Å². The first kappa shape index (κ1) is 8.96. The van der Waals surface area contributed by atoms with Gasteiger partial charge in [-0.3, -0.25) is 0 Å². The molecule has 0 radical (unpaired) electrons. The Kier molecular flexibility index (Phi) is 1.73. The number of aromatic nitrogens is 3. The molecule has 5 nitrogen and oxygen atoms in total. The van der Waals surface area contributed by atoms with Crippen LogP contribution in [0.4, 0.5) is 0 Å².